The first-order valence-electron chi connectivity index (χ1n) is 6.13. The summed E-state index contributed by atoms with van der Waals surface area (Å²) in [5, 5.41) is 0. The van der Waals surface area contributed by atoms with Gasteiger partial charge in [-0.1, -0.05) is 48.5 Å². The molecule has 0 saturated heterocycles. The van der Waals surface area contributed by atoms with E-state index < -0.39 is 0 Å². The van der Waals surface area contributed by atoms with E-state index in [0.29, 0.717) is 0 Å². The van der Waals surface area contributed by atoms with Crippen molar-refractivity contribution >= 4 is 0 Å². The standard InChI is InChI=1S/C16H17F/c17-16-13-7-6-12-15(16)11-5-4-10-14-8-2-1-3-9-14/h1-3,6-9,12-13H,4-5,10-11H2. The van der Waals surface area contributed by atoms with Crippen molar-refractivity contribution < 1.29 is 4.39 Å². The van der Waals surface area contributed by atoms with Crippen molar-refractivity contribution in [2.75, 3.05) is 0 Å². The quantitative estimate of drug-likeness (QED) is 0.666. The van der Waals surface area contributed by atoms with Gasteiger partial charge in [-0.2, -0.15) is 0 Å². The number of rotatable bonds is 5. The molecular weight excluding hydrogens is 211 g/mol. The van der Waals surface area contributed by atoms with Crippen molar-refractivity contribution in [2.24, 2.45) is 0 Å². The Morgan fingerprint density at radius 3 is 2.12 bits per heavy atom. The van der Waals surface area contributed by atoms with Crippen LogP contribution < -0.4 is 0 Å². The van der Waals surface area contributed by atoms with Gasteiger partial charge in [0, 0.05) is 0 Å². The lowest BCUT2D eigenvalue weighted by molar-refractivity contribution is 0.600. The second-order valence-electron chi connectivity index (χ2n) is 4.28. The topological polar surface area (TPSA) is 0 Å². The Kier molecular flexibility index (Phi) is 4.31. The summed E-state index contributed by atoms with van der Waals surface area (Å²) in [6.45, 7) is 0. The Morgan fingerprint density at radius 1 is 0.706 bits per heavy atom. The van der Waals surface area contributed by atoms with Crippen LogP contribution >= 0.6 is 0 Å². The van der Waals surface area contributed by atoms with E-state index in [9.17, 15) is 4.39 Å². The maximum Gasteiger partial charge on any atom is 0.126 e. The molecule has 17 heavy (non-hydrogen) atoms. The number of halogens is 1. The van der Waals surface area contributed by atoms with Crippen LogP contribution in [0.5, 0.6) is 0 Å². The number of aryl methyl sites for hydroxylation is 2. The third kappa shape index (κ3) is 3.70. The molecule has 1 heteroatoms. The molecule has 0 aromatic heterocycles. The third-order valence-corrected chi connectivity index (χ3v) is 2.96. The van der Waals surface area contributed by atoms with Crippen LogP contribution in [0.1, 0.15) is 24.0 Å². The molecule has 0 atom stereocenters. The normalized spacial score (nSPS) is 10.4. The monoisotopic (exact) mass is 228 g/mol. The van der Waals surface area contributed by atoms with Crippen LogP contribution in [0.4, 0.5) is 4.39 Å². The predicted octanol–water partition coefficient (Wildman–Crippen LogP) is 4.39. The van der Waals surface area contributed by atoms with Crippen LogP contribution in [0.2, 0.25) is 0 Å². The Morgan fingerprint density at radius 2 is 1.35 bits per heavy atom. The summed E-state index contributed by atoms with van der Waals surface area (Å²) < 4.78 is 13.3. The zero-order chi connectivity index (χ0) is 11.9. The van der Waals surface area contributed by atoms with Crippen molar-refractivity contribution in [2.45, 2.75) is 25.7 Å². The minimum absolute atomic E-state index is 0.0767. The fraction of sp³-hybridized carbons (Fsp3) is 0.250. The molecule has 0 aliphatic heterocycles. The van der Waals surface area contributed by atoms with Gasteiger partial charge in [-0.15, -0.1) is 0 Å². The van der Waals surface area contributed by atoms with E-state index in [1.165, 1.54) is 11.6 Å². The molecule has 0 amide bonds. The maximum absolute atomic E-state index is 13.3. The minimum Gasteiger partial charge on any atom is -0.207 e. The Hall–Kier alpha value is -1.63. The molecule has 0 aliphatic rings. The summed E-state index contributed by atoms with van der Waals surface area (Å²) in [6, 6.07) is 17.5. The second-order valence-corrected chi connectivity index (χ2v) is 4.28. The molecule has 88 valence electrons. The highest BCUT2D eigenvalue weighted by molar-refractivity contribution is 5.17. The van der Waals surface area contributed by atoms with Gasteiger partial charge >= 0.3 is 0 Å². The molecular formula is C16H17F. The Balaban J connectivity index is 1.76. The fourth-order valence-corrected chi connectivity index (χ4v) is 1.99. The molecule has 0 unspecified atom stereocenters. The number of unbranched alkanes of at least 4 members (excludes halogenated alkanes) is 1. The lowest BCUT2D eigenvalue weighted by Gasteiger charge is -2.03. The maximum atomic E-state index is 13.3. The van der Waals surface area contributed by atoms with Gasteiger partial charge < -0.3 is 0 Å². The summed E-state index contributed by atoms with van der Waals surface area (Å²) in [6.07, 6.45) is 4.06. The molecule has 0 heterocycles. The first-order chi connectivity index (χ1) is 8.36. The highest BCUT2D eigenvalue weighted by Crippen LogP contribution is 2.12. The molecule has 2 rings (SSSR count). The first kappa shape index (κ1) is 11.8. The van der Waals surface area contributed by atoms with E-state index in [1.54, 1.807) is 6.07 Å². The third-order valence-electron chi connectivity index (χ3n) is 2.96. The van der Waals surface area contributed by atoms with E-state index in [0.717, 1.165) is 31.2 Å². The minimum atomic E-state index is -0.0767. The summed E-state index contributed by atoms with van der Waals surface area (Å²) in [4.78, 5) is 0. The summed E-state index contributed by atoms with van der Waals surface area (Å²) in [7, 11) is 0. The van der Waals surface area contributed by atoms with E-state index in [1.807, 2.05) is 18.2 Å². The van der Waals surface area contributed by atoms with Crippen LogP contribution in [0.25, 0.3) is 0 Å². The zero-order valence-electron chi connectivity index (χ0n) is 9.90. The molecule has 0 radical (unpaired) electrons. The van der Waals surface area contributed by atoms with E-state index >= 15 is 0 Å². The van der Waals surface area contributed by atoms with Crippen molar-refractivity contribution in [3.8, 4) is 0 Å². The van der Waals surface area contributed by atoms with Crippen molar-refractivity contribution in [3.63, 3.8) is 0 Å². The van der Waals surface area contributed by atoms with Gasteiger partial charge in [0.25, 0.3) is 0 Å². The number of benzene rings is 2. The van der Waals surface area contributed by atoms with Gasteiger partial charge in [-0.05, 0) is 42.9 Å². The molecule has 0 N–H and O–H groups in total. The Bertz CT molecular complexity index is 448. The van der Waals surface area contributed by atoms with Crippen LogP contribution in [0.15, 0.2) is 54.6 Å². The summed E-state index contributed by atoms with van der Waals surface area (Å²) in [5.41, 5.74) is 2.20. The SMILES string of the molecule is Fc1ccccc1CCCCc1ccccc1. The summed E-state index contributed by atoms with van der Waals surface area (Å²) >= 11 is 0. The fourth-order valence-electron chi connectivity index (χ4n) is 1.99. The summed E-state index contributed by atoms with van der Waals surface area (Å²) in [5.74, 6) is -0.0767. The average Bonchev–Trinajstić information content (AvgIpc) is 2.38. The highest BCUT2D eigenvalue weighted by atomic mass is 19.1. The number of hydrogen-bond donors (Lipinski definition) is 0. The van der Waals surface area contributed by atoms with Gasteiger partial charge in [-0.3, -0.25) is 0 Å². The molecule has 0 spiro atoms. The first-order valence-corrected chi connectivity index (χ1v) is 6.13. The smallest absolute Gasteiger partial charge is 0.126 e. The lowest BCUT2D eigenvalue weighted by Crippen LogP contribution is -1.92. The zero-order valence-corrected chi connectivity index (χ0v) is 9.90. The largest absolute Gasteiger partial charge is 0.207 e. The van der Waals surface area contributed by atoms with Crippen molar-refractivity contribution in [1.29, 1.82) is 0 Å². The van der Waals surface area contributed by atoms with E-state index in [-0.39, 0.29) is 5.82 Å². The molecule has 2 aromatic carbocycles. The van der Waals surface area contributed by atoms with Gasteiger partial charge in [0.1, 0.15) is 5.82 Å². The molecule has 0 nitrogen and oxygen atoms in total. The molecule has 0 saturated carbocycles. The second kappa shape index (κ2) is 6.19. The van der Waals surface area contributed by atoms with Crippen molar-refractivity contribution in [1.82, 2.24) is 0 Å². The van der Waals surface area contributed by atoms with Crippen LogP contribution in [-0.4, -0.2) is 0 Å². The molecule has 0 bridgehead atoms. The average molecular weight is 228 g/mol. The van der Waals surface area contributed by atoms with Gasteiger partial charge in [0.2, 0.25) is 0 Å². The highest BCUT2D eigenvalue weighted by Gasteiger charge is 2.00. The van der Waals surface area contributed by atoms with Gasteiger partial charge in [0.15, 0.2) is 0 Å². The van der Waals surface area contributed by atoms with E-state index in [4.69, 9.17) is 0 Å². The number of hydrogen-bond acceptors (Lipinski definition) is 0. The molecule has 2 aromatic rings. The Labute approximate surface area is 102 Å². The molecule has 0 aliphatic carbocycles. The predicted molar refractivity (Wildman–Crippen MR) is 69.5 cm³/mol. The van der Waals surface area contributed by atoms with E-state index in [2.05, 4.69) is 24.3 Å². The van der Waals surface area contributed by atoms with Crippen LogP contribution in [0, 0.1) is 5.82 Å². The molecule has 0 fully saturated rings. The van der Waals surface area contributed by atoms with Gasteiger partial charge in [-0.25, -0.2) is 4.39 Å². The van der Waals surface area contributed by atoms with Crippen LogP contribution in [-0.2, 0) is 12.8 Å². The van der Waals surface area contributed by atoms with Gasteiger partial charge in [0.05, 0.1) is 0 Å². The lowest BCUT2D eigenvalue weighted by atomic mass is 10.0. The van der Waals surface area contributed by atoms with Crippen LogP contribution in [0.3, 0.4) is 0 Å². The van der Waals surface area contributed by atoms with Crippen molar-refractivity contribution in [3.05, 3.63) is 71.5 Å².